The highest BCUT2D eigenvalue weighted by atomic mass is 19.1. The molecule has 1 aliphatic heterocycles. The molecule has 43 heavy (non-hydrogen) atoms. The minimum Gasteiger partial charge on any atom is -0.465 e. The van der Waals surface area contributed by atoms with E-state index in [0.29, 0.717) is 37.4 Å². The number of hydrogen-bond donors (Lipinski definition) is 2. The van der Waals surface area contributed by atoms with Gasteiger partial charge in [0.25, 0.3) is 0 Å². The topological polar surface area (TPSA) is 131 Å². The molecule has 0 aliphatic carbocycles. The summed E-state index contributed by atoms with van der Waals surface area (Å²) in [5.74, 6) is -0.478. The summed E-state index contributed by atoms with van der Waals surface area (Å²) in [5, 5.41) is 12.8. The third-order valence-corrected chi connectivity index (χ3v) is 6.40. The number of aromatic nitrogens is 1. The molecule has 1 fully saturated rings. The molecule has 0 radical (unpaired) electrons. The smallest absolute Gasteiger partial charge is 0.425 e. The molecule has 1 aliphatic rings. The Morgan fingerprint density at radius 1 is 1.05 bits per heavy atom. The van der Waals surface area contributed by atoms with Crippen molar-refractivity contribution in [1.82, 2.24) is 15.2 Å². The Morgan fingerprint density at radius 3 is 2.26 bits per heavy atom. The summed E-state index contributed by atoms with van der Waals surface area (Å²) >= 11 is 0. The highest BCUT2D eigenvalue weighted by Gasteiger charge is 2.37. The average Bonchev–Trinajstić information content (AvgIpc) is 3.25. The highest BCUT2D eigenvalue weighted by molar-refractivity contribution is 6.08. The number of hydrogen-bond acceptors (Lipinski definition) is 8. The summed E-state index contributed by atoms with van der Waals surface area (Å²) in [6, 6.07) is 9.92. The molecule has 0 bridgehead atoms. The molecule has 0 spiro atoms. The van der Waals surface area contributed by atoms with Gasteiger partial charge in [-0.3, -0.25) is 0 Å². The van der Waals surface area contributed by atoms with E-state index in [1.807, 2.05) is 13.0 Å². The van der Waals surface area contributed by atoms with Crippen LogP contribution < -0.4 is 10.2 Å². The second kappa shape index (κ2) is 14.1. The van der Waals surface area contributed by atoms with Crippen LogP contribution in [0.15, 0.2) is 36.4 Å². The number of halogens is 1. The summed E-state index contributed by atoms with van der Waals surface area (Å²) in [4.78, 5) is 44.8. The van der Waals surface area contributed by atoms with Gasteiger partial charge in [0, 0.05) is 36.8 Å². The number of rotatable bonds is 9. The molecule has 1 saturated heterocycles. The molecule has 1 aromatic carbocycles. The SMILES string of the molecule is Cc1cc(CC2CN(C(=O)O)CC2OCCNCc2ccccc2F)nc(N(C(=O)OC(C)(C)C)C(=O)OC(C)(C)C)c1. The minimum atomic E-state index is -1.05. The van der Waals surface area contributed by atoms with E-state index in [1.54, 1.807) is 65.8 Å². The second-order valence-electron chi connectivity index (χ2n) is 12.6. The Hall–Kier alpha value is -3.77. The maximum atomic E-state index is 13.9. The maximum Gasteiger partial charge on any atom is 0.425 e. The van der Waals surface area contributed by atoms with Crippen molar-refractivity contribution in [1.29, 1.82) is 0 Å². The number of likely N-dealkylation sites (tertiary alicyclic amines) is 1. The van der Waals surface area contributed by atoms with E-state index in [2.05, 4.69) is 10.3 Å². The van der Waals surface area contributed by atoms with Gasteiger partial charge in [-0.2, -0.15) is 4.90 Å². The summed E-state index contributed by atoms with van der Waals surface area (Å²) in [7, 11) is 0. The number of pyridine rings is 1. The summed E-state index contributed by atoms with van der Waals surface area (Å²) < 4.78 is 30.9. The number of benzene rings is 1. The molecule has 2 atom stereocenters. The zero-order valence-corrected chi connectivity index (χ0v) is 26.0. The standard InChI is InChI=1S/C31H43FN4O7/c1-20-14-23(34-26(15-20)36(28(39)42-30(2,3)4)29(40)43-31(5,6)7)16-22-18-35(27(37)38)19-25(22)41-13-12-33-17-21-10-8-9-11-24(21)32/h8-11,14-15,22,25,33H,12-13,16-19H2,1-7H3,(H,37,38). The van der Waals surface area contributed by atoms with E-state index in [1.165, 1.54) is 11.0 Å². The van der Waals surface area contributed by atoms with Gasteiger partial charge in [-0.1, -0.05) is 18.2 Å². The van der Waals surface area contributed by atoms with Crippen LogP contribution in [0.25, 0.3) is 0 Å². The predicted molar refractivity (Wildman–Crippen MR) is 159 cm³/mol. The van der Waals surface area contributed by atoms with Gasteiger partial charge in [0.1, 0.15) is 22.8 Å². The molecule has 3 rings (SSSR count). The Kier molecular flexibility index (Phi) is 11.1. The van der Waals surface area contributed by atoms with Crippen LogP contribution in [0.2, 0.25) is 0 Å². The second-order valence-corrected chi connectivity index (χ2v) is 12.6. The van der Waals surface area contributed by atoms with Crippen LogP contribution in [0.4, 0.5) is 24.6 Å². The number of carbonyl (C=O) groups is 3. The fourth-order valence-corrected chi connectivity index (χ4v) is 4.61. The molecule has 12 heteroatoms. The molecule has 2 N–H and O–H groups in total. The lowest BCUT2D eigenvalue weighted by Gasteiger charge is -2.28. The van der Waals surface area contributed by atoms with Gasteiger partial charge in [0.15, 0.2) is 0 Å². The van der Waals surface area contributed by atoms with Crippen LogP contribution in [-0.4, -0.2) is 76.8 Å². The van der Waals surface area contributed by atoms with E-state index in [4.69, 9.17) is 14.2 Å². The van der Waals surface area contributed by atoms with Crippen LogP contribution in [0.3, 0.4) is 0 Å². The molecule has 1 aromatic heterocycles. The van der Waals surface area contributed by atoms with E-state index >= 15 is 0 Å². The largest absolute Gasteiger partial charge is 0.465 e. The molecule has 2 aromatic rings. The number of imide groups is 1. The first-order valence-corrected chi connectivity index (χ1v) is 14.3. The highest BCUT2D eigenvalue weighted by Crippen LogP contribution is 2.27. The quantitative estimate of drug-likeness (QED) is 0.356. The lowest BCUT2D eigenvalue weighted by atomic mass is 9.98. The van der Waals surface area contributed by atoms with Crippen LogP contribution in [0, 0.1) is 18.7 Å². The molecule has 0 saturated carbocycles. The van der Waals surface area contributed by atoms with Gasteiger partial charge in [-0.05, 0) is 78.6 Å². The maximum absolute atomic E-state index is 13.9. The number of aryl methyl sites for hydroxylation is 1. The summed E-state index contributed by atoms with van der Waals surface area (Å²) in [5.41, 5.74) is 0.0908. The minimum absolute atomic E-state index is 0.0430. The van der Waals surface area contributed by atoms with Gasteiger partial charge in [0.2, 0.25) is 0 Å². The van der Waals surface area contributed by atoms with Crippen LogP contribution in [-0.2, 0) is 27.2 Å². The Morgan fingerprint density at radius 2 is 1.67 bits per heavy atom. The number of ether oxygens (including phenoxy) is 3. The first-order chi connectivity index (χ1) is 20.0. The van der Waals surface area contributed by atoms with Crippen molar-refractivity contribution in [3.8, 4) is 0 Å². The van der Waals surface area contributed by atoms with Crippen molar-refractivity contribution in [3.05, 3.63) is 59.0 Å². The van der Waals surface area contributed by atoms with E-state index in [9.17, 15) is 23.9 Å². The third kappa shape index (κ3) is 10.5. The van der Waals surface area contributed by atoms with Gasteiger partial charge >= 0.3 is 18.3 Å². The van der Waals surface area contributed by atoms with Crippen molar-refractivity contribution in [3.63, 3.8) is 0 Å². The third-order valence-electron chi connectivity index (χ3n) is 6.40. The van der Waals surface area contributed by atoms with Crippen molar-refractivity contribution in [2.24, 2.45) is 5.92 Å². The Labute approximate surface area is 252 Å². The zero-order valence-electron chi connectivity index (χ0n) is 26.0. The molecule has 2 heterocycles. The molecular weight excluding hydrogens is 559 g/mol. The van der Waals surface area contributed by atoms with Crippen molar-refractivity contribution in [2.45, 2.75) is 78.7 Å². The number of carboxylic acid groups (broad SMARTS) is 1. The van der Waals surface area contributed by atoms with E-state index in [0.717, 1.165) is 10.5 Å². The van der Waals surface area contributed by atoms with Gasteiger partial charge in [0.05, 0.1) is 19.3 Å². The van der Waals surface area contributed by atoms with E-state index in [-0.39, 0.29) is 30.6 Å². The van der Waals surface area contributed by atoms with Gasteiger partial charge in [-0.15, -0.1) is 0 Å². The first-order valence-electron chi connectivity index (χ1n) is 14.3. The normalized spacial score (nSPS) is 17.1. The van der Waals surface area contributed by atoms with Gasteiger partial charge < -0.3 is 29.5 Å². The number of amides is 3. The zero-order chi connectivity index (χ0) is 31.9. The van der Waals surface area contributed by atoms with Crippen molar-refractivity contribution < 1.29 is 38.1 Å². The lowest BCUT2D eigenvalue weighted by molar-refractivity contribution is 0.0357. The molecule has 11 nitrogen and oxygen atoms in total. The average molecular weight is 603 g/mol. The van der Waals surface area contributed by atoms with Crippen molar-refractivity contribution in [2.75, 3.05) is 31.1 Å². The Balaban J connectivity index is 1.76. The molecule has 2 unspecified atom stereocenters. The van der Waals surface area contributed by atoms with E-state index < -0.39 is 35.6 Å². The predicted octanol–water partition coefficient (Wildman–Crippen LogP) is 5.53. The summed E-state index contributed by atoms with van der Waals surface area (Å²) in [6.45, 7) is 13.5. The fourth-order valence-electron chi connectivity index (χ4n) is 4.61. The number of nitrogens with one attached hydrogen (secondary N) is 1. The molecular formula is C31H43FN4O7. The molecule has 236 valence electrons. The Bertz CT molecular complexity index is 1260. The van der Waals surface area contributed by atoms with Gasteiger partial charge in [-0.25, -0.2) is 23.8 Å². The monoisotopic (exact) mass is 602 g/mol. The van der Waals surface area contributed by atoms with Crippen molar-refractivity contribution >= 4 is 24.1 Å². The van der Waals surface area contributed by atoms with Crippen LogP contribution >= 0.6 is 0 Å². The lowest BCUT2D eigenvalue weighted by Crippen LogP contribution is -2.44. The van der Waals surface area contributed by atoms with Crippen LogP contribution in [0.5, 0.6) is 0 Å². The number of nitrogens with zero attached hydrogens (tertiary/aromatic N) is 3. The first kappa shape index (κ1) is 33.7. The number of carbonyl (C=O) groups excluding carboxylic acids is 2. The number of anilines is 1. The van der Waals surface area contributed by atoms with Crippen LogP contribution in [0.1, 0.15) is 58.4 Å². The molecule has 3 amide bonds. The fraction of sp³-hybridized carbons (Fsp3) is 0.548. The summed E-state index contributed by atoms with van der Waals surface area (Å²) in [6.07, 6.45) is -2.97.